The molecule has 116 valence electrons. The molecule has 0 aromatic carbocycles. The third kappa shape index (κ3) is 3.00. The Morgan fingerprint density at radius 3 is 2.43 bits per heavy atom. The van der Waals surface area contributed by atoms with Gasteiger partial charge in [0.05, 0.1) is 22.8 Å². The van der Waals surface area contributed by atoms with Crippen LogP contribution in [0.25, 0.3) is 0 Å². The van der Waals surface area contributed by atoms with Crippen LogP contribution in [-0.2, 0) is 17.8 Å². The summed E-state index contributed by atoms with van der Waals surface area (Å²) >= 11 is 6.18. The molecule has 0 spiro atoms. The molecule has 0 atom stereocenters. The zero-order valence-corrected chi connectivity index (χ0v) is 13.5. The lowest BCUT2D eigenvalue weighted by Crippen LogP contribution is -2.42. The SMILES string of the molecule is Cc1c(Cl)c(C(N)=O)c2n1CCN(C(=O)OC(C)(C)C)C2. The molecule has 6 nitrogen and oxygen atoms in total. The highest BCUT2D eigenvalue weighted by Crippen LogP contribution is 2.31. The summed E-state index contributed by atoms with van der Waals surface area (Å²) in [5.41, 5.74) is 6.60. The van der Waals surface area contributed by atoms with Gasteiger partial charge in [0.25, 0.3) is 5.91 Å². The molecule has 0 fully saturated rings. The first-order valence-corrected chi connectivity index (χ1v) is 7.15. The van der Waals surface area contributed by atoms with Gasteiger partial charge in [0.2, 0.25) is 0 Å². The minimum Gasteiger partial charge on any atom is -0.444 e. The monoisotopic (exact) mass is 313 g/mol. The minimum absolute atomic E-state index is 0.265. The zero-order valence-electron chi connectivity index (χ0n) is 12.7. The van der Waals surface area contributed by atoms with E-state index in [0.29, 0.717) is 29.4 Å². The maximum Gasteiger partial charge on any atom is 0.410 e. The highest BCUT2D eigenvalue weighted by Gasteiger charge is 2.31. The number of ether oxygens (including phenoxy) is 1. The summed E-state index contributed by atoms with van der Waals surface area (Å²) in [4.78, 5) is 25.3. The number of primary amides is 1. The second-order valence-electron chi connectivity index (χ2n) is 6.14. The normalized spacial score (nSPS) is 14.8. The molecule has 2 rings (SSSR count). The summed E-state index contributed by atoms with van der Waals surface area (Å²) in [7, 11) is 0. The molecule has 1 aromatic rings. The van der Waals surface area contributed by atoms with Gasteiger partial charge in [0.15, 0.2) is 0 Å². The van der Waals surface area contributed by atoms with E-state index in [1.807, 2.05) is 32.3 Å². The van der Waals surface area contributed by atoms with Gasteiger partial charge in [-0.2, -0.15) is 0 Å². The number of amides is 2. The lowest BCUT2D eigenvalue weighted by molar-refractivity contribution is 0.0197. The maximum absolute atomic E-state index is 12.1. The molecule has 1 aliphatic heterocycles. The molecule has 0 saturated heterocycles. The smallest absolute Gasteiger partial charge is 0.410 e. The van der Waals surface area contributed by atoms with E-state index in [2.05, 4.69) is 0 Å². The van der Waals surface area contributed by atoms with Crippen molar-refractivity contribution in [1.29, 1.82) is 0 Å². The summed E-state index contributed by atoms with van der Waals surface area (Å²) < 4.78 is 7.29. The van der Waals surface area contributed by atoms with Crippen LogP contribution in [0.4, 0.5) is 4.79 Å². The fourth-order valence-electron chi connectivity index (χ4n) is 2.44. The Bertz CT molecular complexity index is 602. The number of fused-ring (bicyclic) bond motifs is 1. The van der Waals surface area contributed by atoms with E-state index in [1.165, 1.54) is 0 Å². The van der Waals surface area contributed by atoms with Gasteiger partial charge in [-0.05, 0) is 27.7 Å². The molecular weight excluding hydrogens is 294 g/mol. The number of halogens is 1. The summed E-state index contributed by atoms with van der Waals surface area (Å²) in [6.07, 6.45) is -0.404. The van der Waals surface area contributed by atoms with Gasteiger partial charge in [-0.25, -0.2) is 4.79 Å². The molecule has 0 unspecified atom stereocenters. The molecule has 21 heavy (non-hydrogen) atoms. The number of carbonyl (C=O) groups excluding carboxylic acids is 2. The van der Waals surface area contributed by atoms with Gasteiger partial charge in [0.1, 0.15) is 5.60 Å². The fourth-order valence-corrected chi connectivity index (χ4v) is 2.75. The van der Waals surface area contributed by atoms with Crippen LogP contribution in [-0.4, -0.2) is 33.6 Å². The predicted molar refractivity (Wildman–Crippen MR) is 79.3 cm³/mol. The lowest BCUT2D eigenvalue weighted by Gasteiger charge is -2.31. The molecule has 0 saturated carbocycles. The Hall–Kier alpha value is -1.69. The summed E-state index contributed by atoms with van der Waals surface area (Å²) in [5.74, 6) is -0.581. The van der Waals surface area contributed by atoms with E-state index < -0.39 is 17.6 Å². The van der Waals surface area contributed by atoms with Crippen LogP contribution in [0.15, 0.2) is 0 Å². The van der Waals surface area contributed by atoms with Crippen molar-refractivity contribution in [3.63, 3.8) is 0 Å². The Morgan fingerprint density at radius 1 is 1.29 bits per heavy atom. The fraction of sp³-hybridized carbons (Fsp3) is 0.571. The van der Waals surface area contributed by atoms with Crippen molar-refractivity contribution in [2.75, 3.05) is 6.54 Å². The van der Waals surface area contributed by atoms with Crippen LogP contribution in [0, 0.1) is 6.92 Å². The lowest BCUT2D eigenvalue weighted by atomic mass is 10.2. The Kier molecular flexibility index (Phi) is 3.93. The molecule has 1 aliphatic rings. The molecule has 7 heteroatoms. The van der Waals surface area contributed by atoms with Crippen molar-refractivity contribution in [1.82, 2.24) is 9.47 Å². The van der Waals surface area contributed by atoms with Crippen molar-refractivity contribution >= 4 is 23.6 Å². The van der Waals surface area contributed by atoms with Crippen molar-refractivity contribution in [2.45, 2.75) is 46.4 Å². The number of hydrogen-bond acceptors (Lipinski definition) is 3. The second kappa shape index (κ2) is 5.26. The molecular formula is C14H20ClN3O3. The van der Waals surface area contributed by atoms with Gasteiger partial charge < -0.3 is 19.9 Å². The topological polar surface area (TPSA) is 77.6 Å². The van der Waals surface area contributed by atoms with Gasteiger partial charge in [-0.3, -0.25) is 4.79 Å². The molecule has 2 heterocycles. The average molecular weight is 314 g/mol. The predicted octanol–water partition coefficient (Wildman–Crippen LogP) is 2.30. The van der Waals surface area contributed by atoms with Crippen LogP contribution in [0.5, 0.6) is 0 Å². The van der Waals surface area contributed by atoms with Crippen LogP contribution < -0.4 is 5.73 Å². The van der Waals surface area contributed by atoms with E-state index in [0.717, 1.165) is 5.69 Å². The van der Waals surface area contributed by atoms with Gasteiger partial charge in [-0.15, -0.1) is 0 Å². The molecule has 0 bridgehead atoms. The van der Waals surface area contributed by atoms with Crippen molar-refractivity contribution in [3.8, 4) is 0 Å². The number of nitrogens with two attached hydrogens (primary N) is 1. The third-order valence-corrected chi connectivity index (χ3v) is 3.85. The summed E-state index contributed by atoms with van der Waals surface area (Å²) in [6, 6.07) is 0. The third-order valence-electron chi connectivity index (χ3n) is 3.39. The molecule has 0 radical (unpaired) electrons. The molecule has 2 amide bonds. The molecule has 2 N–H and O–H groups in total. The largest absolute Gasteiger partial charge is 0.444 e. The van der Waals surface area contributed by atoms with Gasteiger partial charge in [0, 0.05) is 18.8 Å². The highest BCUT2D eigenvalue weighted by molar-refractivity contribution is 6.34. The van der Waals surface area contributed by atoms with Crippen LogP contribution in [0.3, 0.4) is 0 Å². The van der Waals surface area contributed by atoms with Crippen LogP contribution >= 0.6 is 11.6 Å². The zero-order chi connectivity index (χ0) is 15.9. The number of aromatic nitrogens is 1. The Labute approximate surface area is 128 Å². The number of rotatable bonds is 1. The van der Waals surface area contributed by atoms with Gasteiger partial charge in [-0.1, -0.05) is 11.6 Å². The first kappa shape index (κ1) is 15.7. The minimum atomic E-state index is -0.581. The first-order valence-electron chi connectivity index (χ1n) is 6.77. The second-order valence-corrected chi connectivity index (χ2v) is 6.52. The first-order chi connectivity index (χ1) is 9.61. The molecule has 0 aliphatic carbocycles. The number of hydrogen-bond donors (Lipinski definition) is 1. The van der Waals surface area contributed by atoms with E-state index in [-0.39, 0.29) is 6.54 Å². The van der Waals surface area contributed by atoms with Gasteiger partial charge >= 0.3 is 6.09 Å². The van der Waals surface area contributed by atoms with E-state index in [1.54, 1.807) is 4.90 Å². The van der Waals surface area contributed by atoms with E-state index in [4.69, 9.17) is 22.1 Å². The van der Waals surface area contributed by atoms with Crippen molar-refractivity contribution < 1.29 is 14.3 Å². The molecule has 1 aromatic heterocycles. The standard InChI is InChI=1S/C14H20ClN3O3/c1-8-11(15)10(12(16)19)9-7-17(5-6-18(8)9)13(20)21-14(2,3)4/h5-7H2,1-4H3,(H2,16,19). The average Bonchev–Trinajstić information content (AvgIpc) is 2.59. The quantitative estimate of drug-likeness (QED) is 0.864. The number of carbonyl (C=O) groups is 2. The Morgan fingerprint density at radius 2 is 1.90 bits per heavy atom. The number of nitrogens with zero attached hydrogens (tertiary/aromatic N) is 2. The summed E-state index contributed by atoms with van der Waals surface area (Å²) in [5, 5.41) is 0.364. The summed E-state index contributed by atoms with van der Waals surface area (Å²) in [6.45, 7) is 8.61. The van der Waals surface area contributed by atoms with Crippen LogP contribution in [0.2, 0.25) is 5.02 Å². The Balaban J connectivity index is 2.30. The van der Waals surface area contributed by atoms with Crippen molar-refractivity contribution in [3.05, 3.63) is 22.0 Å². The van der Waals surface area contributed by atoms with Crippen molar-refractivity contribution in [2.24, 2.45) is 5.73 Å². The maximum atomic E-state index is 12.1. The highest BCUT2D eigenvalue weighted by atomic mass is 35.5. The van der Waals surface area contributed by atoms with E-state index >= 15 is 0 Å². The van der Waals surface area contributed by atoms with Crippen LogP contribution in [0.1, 0.15) is 42.5 Å². The van der Waals surface area contributed by atoms with E-state index in [9.17, 15) is 9.59 Å².